The Morgan fingerprint density at radius 2 is 1.84 bits per heavy atom. The SMILES string of the molecule is CN1C[C@@H](C(=O)N2CCCCCC2)[C@@]2(CCc3ccccc3C2=O)C1. The molecule has 4 nitrogen and oxygen atoms in total. The predicted octanol–water partition coefficient (Wildman–Crippen LogP) is 2.77. The first-order valence-electron chi connectivity index (χ1n) is 9.72. The van der Waals surface area contributed by atoms with Crippen LogP contribution in [0.5, 0.6) is 0 Å². The van der Waals surface area contributed by atoms with Crippen LogP contribution in [0.4, 0.5) is 0 Å². The second kappa shape index (κ2) is 6.56. The van der Waals surface area contributed by atoms with Crippen molar-refractivity contribution in [3.63, 3.8) is 0 Å². The van der Waals surface area contributed by atoms with Crippen LogP contribution in [0.25, 0.3) is 0 Å². The van der Waals surface area contributed by atoms with Crippen LogP contribution in [0.1, 0.15) is 48.0 Å². The fraction of sp³-hybridized carbons (Fsp3) is 0.619. The Hall–Kier alpha value is -1.68. The Kier molecular flexibility index (Phi) is 4.40. The molecule has 0 N–H and O–H groups in total. The van der Waals surface area contributed by atoms with Crippen LogP contribution in [-0.4, -0.2) is 54.7 Å². The van der Waals surface area contributed by atoms with Gasteiger partial charge < -0.3 is 9.80 Å². The van der Waals surface area contributed by atoms with Crippen LogP contribution in [-0.2, 0) is 11.2 Å². The molecule has 0 bridgehead atoms. The van der Waals surface area contributed by atoms with Crippen molar-refractivity contribution in [2.24, 2.45) is 11.3 Å². The van der Waals surface area contributed by atoms with Gasteiger partial charge in [0.1, 0.15) is 0 Å². The molecule has 2 saturated heterocycles. The molecule has 1 amide bonds. The molecule has 2 atom stereocenters. The highest BCUT2D eigenvalue weighted by Crippen LogP contribution is 2.46. The van der Waals surface area contributed by atoms with Gasteiger partial charge in [-0.3, -0.25) is 9.59 Å². The van der Waals surface area contributed by atoms with E-state index < -0.39 is 5.41 Å². The summed E-state index contributed by atoms with van der Waals surface area (Å²) in [5, 5.41) is 0. The molecule has 0 unspecified atom stereocenters. The summed E-state index contributed by atoms with van der Waals surface area (Å²) in [5.41, 5.74) is 1.47. The number of fused-ring (bicyclic) bond motifs is 1. The molecule has 134 valence electrons. The van der Waals surface area contributed by atoms with Gasteiger partial charge in [0, 0.05) is 31.7 Å². The first kappa shape index (κ1) is 16.8. The summed E-state index contributed by atoms with van der Waals surface area (Å²) >= 11 is 0. The first-order chi connectivity index (χ1) is 12.1. The van der Waals surface area contributed by atoms with Gasteiger partial charge in [-0.2, -0.15) is 0 Å². The van der Waals surface area contributed by atoms with Crippen LogP contribution >= 0.6 is 0 Å². The largest absolute Gasteiger partial charge is 0.342 e. The first-order valence-corrected chi connectivity index (χ1v) is 9.72. The normalized spacial score (nSPS) is 30.4. The second-order valence-electron chi connectivity index (χ2n) is 8.13. The summed E-state index contributed by atoms with van der Waals surface area (Å²) in [6, 6.07) is 7.96. The molecule has 3 aliphatic rings. The van der Waals surface area contributed by atoms with E-state index in [1.807, 2.05) is 30.1 Å². The smallest absolute Gasteiger partial charge is 0.228 e. The molecular formula is C21H28N2O2. The lowest BCUT2D eigenvalue weighted by atomic mass is 9.64. The maximum atomic E-state index is 13.5. The van der Waals surface area contributed by atoms with Gasteiger partial charge >= 0.3 is 0 Å². The van der Waals surface area contributed by atoms with Crippen molar-refractivity contribution in [3.8, 4) is 0 Å². The predicted molar refractivity (Wildman–Crippen MR) is 97.6 cm³/mol. The van der Waals surface area contributed by atoms with Crippen molar-refractivity contribution < 1.29 is 9.59 Å². The van der Waals surface area contributed by atoms with E-state index in [9.17, 15) is 9.59 Å². The molecule has 2 fully saturated rings. The summed E-state index contributed by atoms with van der Waals surface area (Å²) in [6.45, 7) is 3.15. The van der Waals surface area contributed by atoms with Gasteiger partial charge in [0.15, 0.2) is 5.78 Å². The van der Waals surface area contributed by atoms with Crippen LogP contribution in [0.15, 0.2) is 24.3 Å². The minimum Gasteiger partial charge on any atom is -0.342 e. The van der Waals surface area contributed by atoms with Crippen molar-refractivity contribution in [2.45, 2.75) is 38.5 Å². The van der Waals surface area contributed by atoms with Gasteiger partial charge in [-0.05, 0) is 38.3 Å². The van der Waals surface area contributed by atoms with Crippen molar-refractivity contribution >= 4 is 11.7 Å². The molecule has 1 aromatic carbocycles. The zero-order chi connectivity index (χ0) is 17.4. The third-order valence-corrected chi connectivity index (χ3v) is 6.48. The van der Waals surface area contributed by atoms with E-state index in [2.05, 4.69) is 11.0 Å². The van der Waals surface area contributed by atoms with E-state index in [0.29, 0.717) is 13.1 Å². The standard InChI is InChI=1S/C21H28N2O2/c1-22-14-18(20(25)23-12-6-2-3-7-13-23)21(15-22)11-10-16-8-4-5-9-17(16)19(21)24/h4-5,8-9,18H,2-3,6-7,10-15H2,1H3/t18-,21+/m0/s1. The summed E-state index contributed by atoms with van der Waals surface area (Å²) in [7, 11) is 2.05. The average molecular weight is 340 g/mol. The molecule has 4 rings (SSSR count). The number of hydrogen-bond donors (Lipinski definition) is 0. The summed E-state index contributed by atoms with van der Waals surface area (Å²) in [6.07, 6.45) is 6.32. The minimum absolute atomic E-state index is 0.184. The van der Waals surface area contributed by atoms with Gasteiger partial charge in [0.05, 0.1) is 11.3 Å². The molecule has 25 heavy (non-hydrogen) atoms. The van der Waals surface area contributed by atoms with E-state index in [0.717, 1.165) is 49.9 Å². The van der Waals surface area contributed by atoms with Crippen LogP contribution in [0.2, 0.25) is 0 Å². The highest BCUT2D eigenvalue weighted by Gasteiger charge is 2.56. The number of carbonyl (C=O) groups is 2. The lowest BCUT2D eigenvalue weighted by Gasteiger charge is -2.38. The molecule has 2 heterocycles. The summed E-state index contributed by atoms with van der Waals surface area (Å²) in [5.74, 6) is 0.238. The third-order valence-electron chi connectivity index (χ3n) is 6.48. The molecule has 0 saturated carbocycles. The van der Waals surface area contributed by atoms with Gasteiger partial charge in [0.2, 0.25) is 5.91 Å². The highest BCUT2D eigenvalue weighted by atomic mass is 16.2. The second-order valence-corrected chi connectivity index (χ2v) is 8.13. The van der Waals surface area contributed by atoms with Gasteiger partial charge in [-0.25, -0.2) is 0 Å². The molecule has 0 radical (unpaired) electrons. The van der Waals surface area contributed by atoms with Gasteiger partial charge in [-0.1, -0.05) is 37.1 Å². The van der Waals surface area contributed by atoms with Crippen molar-refractivity contribution in [2.75, 3.05) is 33.2 Å². The Morgan fingerprint density at radius 1 is 1.12 bits per heavy atom. The lowest BCUT2D eigenvalue weighted by Crippen LogP contribution is -2.49. The molecule has 0 aromatic heterocycles. The Balaban J connectivity index is 1.66. The topological polar surface area (TPSA) is 40.6 Å². The number of carbonyl (C=O) groups excluding carboxylic acids is 2. The maximum Gasteiger partial charge on any atom is 0.228 e. The molecule has 2 aliphatic heterocycles. The third kappa shape index (κ3) is 2.80. The number of aryl methyl sites for hydroxylation is 1. The number of ketones is 1. The van der Waals surface area contributed by atoms with Crippen molar-refractivity contribution in [3.05, 3.63) is 35.4 Å². The quantitative estimate of drug-likeness (QED) is 0.789. The van der Waals surface area contributed by atoms with E-state index in [-0.39, 0.29) is 17.6 Å². The molecule has 1 spiro atoms. The Bertz CT molecular complexity index is 678. The maximum absolute atomic E-state index is 13.5. The van der Waals surface area contributed by atoms with Crippen LogP contribution in [0, 0.1) is 11.3 Å². The fourth-order valence-electron chi connectivity index (χ4n) is 5.15. The molecular weight excluding hydrogens is 312 g/mol. The monoisotopic (exact) mass is 340 g/mol. The van der Waals surface area contributed by atoms with E-state index in [4.69, 9.17) is 0 Å². The number of amides is 1. The fourth-order valence-corrected chi connectivity index (χ4v) is 5.15. The Morgan fingerprint density at radius 3 is 2.60 bits per heavy atom. The molecule has 1 aromatic rings. The van der Waals surface area contributed by atoms with E-state index in [1.54, 1.807) is 0 Å². The number of rotatable bonds is 1. The number of Topliss-reactive ketones (excluding diaryl/α,β-unsaturated/α-hetero) is 1. The number of hydrogen-bond acceptors (Lipinski definition) is 3. The zero-order valence-electron chi connectivity index (χ0n) is 15.2. The van der Waals surface area contributed by atoms with Gasteiger partial charge in [0.25, 0.3) is 0 Å². The average Bonchev–Trinajstić information content (AvgIpc) is 2.79. The van der Waals surface area contributed by atoms with Crippen molar-refractivity contribution in [1.82, 2.24) is 9.80 Å². The number of likely N-dealkylation sites (tertiary alicyclic amines) is 2. The highest BCUT2D eigenvalue weighted by molar-refractivity contribution is 6.06. The molecule has 1 aliphatic carbocycles. The lowest BCUT2D eigenvalue weighted by molar-refractivity contribution is -0.137. The van der Waals surface area contributed by atoms with Crippen LogP contribution in [0.3, 0.4) is 0 Å². The van der Waals surface area contributed by atoms with Crippen LogP contribution < -0.4 is 0 Å². The molecule has 4 heteroatoms. The summed E-state index contributed by atoms with van der Waals surface area (Å²) in [4.78, 5) is 31.1. The Labute approximate surface area is 150 Å². The summed E-state index contributed by atoms with van der Waals surface area (Å²) < 4.78 is 0. The van der Waals surface area contributed by atoms with E-state index >= 15 is 0 Å². The van der Waals surface area contributed by atoms with Crippen molar-refractivity contribution in [1.29, 1.82) is 0 Å². The minimum atomic E-state index is -0.521. The number of nitrogens with zero attached hydrogens (tertiary/aromatic N) is 2. The van der Waals surface area contributed by atoms with Gasteiger partial charge in [-0.15, -0.1) is 0 Å². The number of benzene rings is 1. The zero-order valence-corrected chi connectivity index (χ0v) is 15.2. The van der Waals surface area contributed by atoms with E-state index in [1.165, 1.54) is 12.8 Å².